The van der Waals surface area contributed by atoms with Gasteiger partial charge in [0.05, 0.1) is 11.4 Å². The second-order valence-corrected chi connectivity index (χ2v) is 9.93. The summed E-state index contributed by atoms with van der Waals surface area (Å²) < 4.78 is 7.53. The Bertz CT molecular complexity index is 1050. The van der Waals surface area contributed by atoms with E-state index in [-0.39, 0.29) is 5.97 Å². The van der Waals surface area contributed by atoms with Gasteiger partial charge in [-0.1, -0.05) is 42.5 Å². The Labute approximate surface area is 191 Å². The van der Waals surface area contributed by atoms with Gasteiger partial charge in [0.25, 0.3) is 0 Å². The average Bonchev–Trinajstić information content (AvgIpc) is 3.06. The van der Waals surface area contributed by atoms with Crippen molar-refractivity contribution in [3.63, 3.8) is 0 Å². The van der Waals surface area contributed by atoms with Crippen molar-refractivity contribution in [1.82, 2.24) is 9.78 Å². The Kier molecular flexibility index (Phi) is 6.50. The van der Waals surface area contributed by atoms with Crippen LogP contribution in [-0.2, 0) is 22.4 Å². The molecule has 0 spiro atoms. The van der Waals surface area contributed by atoms with Crippen LogP contribution in [0.25, 0.3) is 16.8 Å². The minimum Gasteiger partial charge on any atom is -0.460 e. The number of nitrogens with zero attached hydrogens (tertiary/aromatic N) is 2. The molecule has 0 fully saturated rings. The second kappa shape index (κ2) is 9.32. The molecule has 0 radical (unpaired) electrons. The summed E-state index contributed by atoms with van der Waals surface area (Å²) in [5.41, 5.74) is 7.00. The lowest BCUT2D eigenvalue weighted by atomic mass is 9.94. The molecule has 1 aliphatic carbocycles. The van der Waals surface area contributed by atoms with Gasteiger partial charge >= 0.3 is 5.97 Å². The van der Waals surface area contributed by atoms with E-state index >= 15 is 0 Å². The fraction of sp³-hybridized carbons (Fsp3) is 0.429. The Morgan fingerprint density at radius 1 is 1.06 bits per heavy atom. The highest BCUT2D eigenvalue weighted by Gasteiger charge is 2.22. The number of hydrogen-bond acceptors (Lipinski definition) is 3. The summed E-state index contributed by atoms with van der Waals surface area (Å²) in [7, 11) is 0. The summed E-state index contributed by atoms with van der Waals surface area (Å²) in [4.78, 5) is 12.1. The van der Waals surface area contributed by atoms with Crippen LogP contribution in [0.15, 0.2) is 54.7 Å². The van der Waals surface area contributed by atoms with Crippen LogP contribution in [-0.4, -0.2) is 21.4 Å². The largest absolute Gasteiger partial charge is 0.460 e. The first-order valence-electron chi connectivity index (χ1n) is 11.7. The van der Waals surface area contributed by atoms with Gasteiger partial charge < -0.3 is 4.74 Å². The van der Waals surface area contributed by atoms with Gasteiger partial charge in [-0.3, -0.25) is 4.79 Å². The smallest absolute Gasteiger partial charge is 0.306 e. The zero-order valence-electron chi connectivity index (χ0n) is 19.7. The highest BCUT2D eigenvalue weighted by Crippen LogP contribution is 2.31. The quantitative estimate of drug-likeness (QED) is 0.344. The molecule has 0 aliphatic heterocycles. The van der Waals surface area contributed by atoms with Crippen LogP contribution in [0.4, 0.5) is 0 Å². The minimum atomic E-state index is -0.406. The van der Waals surface area contributed by atoms with E-state index in [0.29, 0.717) is 12.3 Å². The summed E-state index contributed by atoms with van der Waals surface area (Å²) >= 11 is 0. The molecule has 0 N–H and O–H groups in total. The summed E-state index contributed by atoms with van der Waals surface area (Å²) in [6.07, 6.45) is 7.79. The predicted molar refractivity (Wildman–Crippen MR) is 129 cm³/mol. The minimum absolute atomic E-state index is 0.0848. The van der Waals surface area contributed by atoms with Crippen molar-refractivity contribution in [2.75, 3.05) is 0 Å². The van der Waals surface area contributed by atoms with Crippen LogP contribution in [0.1, 0.15) is 63.3 Å². The lowest BCUT2D eigenvalue weighted by Crippen LogP contribution is -2.24. The predicted octanol–water partition coefficient (Wildman–Crippen LogP) is 6.46. The molecule has 3 aromatic rings. The van der Waals surface area contributed by atoms with Crippen molar-refractivity contribution in [2.24, 2.45) is 5.92 Å². The third-order valence-electron chi connectivity index (χ3n) is 6.30. The summed E-state index contributed by atoms with van der Waals surface area (Å²) in [6, 6.07) is 17.0. The van der Waals surface area contributed by atoms with E-state index < -0.39 is 5.60 Å². The lowest BCUT2D eigenvalue weighted by Gasteiger charge is -2.20. The normalized spacial score (nSPS) is 16.3. The Morgan fingerprint density at radius 2 is 1.81 bits per heavy atom. The van der Waals surface area contributed by atoms with Crippen molar-refractivity contribution < 1.29 is 9.53 Å². The maximum atomic E-state index is 12.1. The number of carbonyl (C=O) groups excluding carboxylic acids is 1. The molecule has 1 atom stereocenters. The molecule has 2 aromatic carbocycles. The van der Waals surface area contributed by atoms with Crippen LogP contribution in [0.5, 0.6) is 0 Å². The fourth-order valence-corrected chi connectivity index (χ4v) is 4.64. The summed E-state index contributed by atoms with van der Waals surface area (Å²) in [5.74, 6) is 0.465. The maximum Gasteiger partial charge on any atom is 0.306 e. The molecule has 1 aliphatic rings. The van der Waals surface area contributed by atoms with E-state index in [2.05, 4.69) is 60.3 Å². The molecule has 1 aromatic heterocycles. The van der Waals surface area contributed by atoms with Gasteiger partial charge in [0.2, 0.25) is 0 Å². The number of ether oxygens (including phenoxy) is 1. The van der Waals surface area contributed by atoms with Gasteiger partial charge in [-0.15, -0.1) is 0 Å². The number of aromatic nitrogens is 2. The molecule has 0 saturated heterocycles. The molecule has 4 heteroatoms. The molecule has 32 heavy (non-hydrogen) atoms. The lowest BCUT2D eigenvalue weighted by molar-refractivity contribution is -0.155. The molecule has 4 rings (SSSR count). The van der Waals surface area contributed by atoms with Gasteiger partial charge in [0, 0.05) is 12.6 Å². The van der Waals surface area contributed by atoms with Crippen LogP contribution in [0, 0.1) is 12.8 Å². The zero-order valence-corrected chi connectivity index (χ0v) is 19.7. The van der Waals surface area contributed by atoms with Crippen molar-refractivity contribution in [3.8, 4) is 16.8 Å². The van der Waals surface area contributed by atoms with Crippen molar-refractivity contribution in [2.45, 2.75) is 71.8 Å². The average molecular weight is 431 g/mol. The van der Waals surface area contributed by atoms with Crippen LogP contribution in [0.3, 0.4) is 0 Å². The molecule has 168 valence electrons. The number of esters is 1. The van der Waals surface area contributed by atoms with E-state index in [1.165, 1.54) is 27.9 Å². The van der Waals surface area contributed by atoms with Crippen LogP contribution >= 0.6 is 0 Å². The summed E-state index contributed by atoms with van der Waals surface area (Å²) in [5, 5.41) is 4.98. The molecule has 0 amide bonds. The first-order valence-corrected chi connectivity index (χ1v) is 11.7. The van der Waals surface area contributed by atoms with Gasteiger partial charge in [-0.2, -0.15) is 5.10 Å². The molecule has 4 nitrogen and oxygen atoms in total. The van der Waals surface area contributed by atoms with Crippen LogP contribution in [0.2, 0.25) is 0 Å². The van der Waals surface area contributed by atoms with Gasteiger partial charge in [-0.05, 0) is 94.0 Å². The number of hydrogen-bond donors (Lipinski definition) is 0. The number of carbonyl (C=O) groups is 1. The topological polar surface area (TPSA) is 44.1 Å². The summed E-state index contributed by atoms with van der Waals surface area (Å²) in [6.45, 7) is 7.94. The maximum absolute atomic E-state index is 12.1. The molecule has 1 unspecified atom stereocenters. The van der Waals surface area contributed by atoms with Crippen molar-refractivity contribution in [3.05, 3.63) is 71.5 Å². The van der Waals surface area contributed by atoms with Gasteiger partial charge in [0.15, 0.2) is 0 Å². The SMILES string of the molecule is Cc1c(-c2ccccc2)cccc1-n1cc2c(n1)CCC(CCC(=O)OC(C)(C)C)CC2. The highest BCUT2D eigenvalue weighted by atomic mass is 16.6. The standard InChI is InChI=1S/C28H34N2O2/c1-20-24(22-9-6-5-7-10-22)11-8-12-26(20)30-19-23-16-13-21(14-17-25(23)29-30)15-18-27(31)32-28(2,3)4/h5-12,19,21H,13-18H2,1-4H3. The second-order valence-electron chi connectivity index (χ2n) is 9.93. The van der Waals surface area contributed by atoms with E-state index in [1.807, 2.05) is 26.8 Å². The number of aryl methyl sites for hydroxylation is 2. The van der Waals surface area contributed by atoms with Gasteiger partial charge in [-0.25, -0.2) is 4.68 Å². The Morgan fingerprint density at radius 3 is 2.56 bits per heavy atom. The molecular formula is C28H34N2O2. The van der Waals surface area contributed by atoms with E-state index in [0.717, 1.165) is 37.8 Å². The first-order chi connectivity index (χ1) is 15.3. The van der Waals surface area contributed by atoms with Crippen LogP contribution < -0.4 is 0 Å². The first kappa shape index (κ1) is 22.3. The third kappa shape index (κ3) is 5.29. The van der Waals surface area contributed by atoms with Crippen molar-refractivity contribution in [1.29, 1.82) is 0 Å². The number of rotatable bonds is 5. The monoisotopic (exact) mass is 430 g/mol. The molecule has 0 bridgehead atoms. The van der Waals surface area contributed by atoms with E-state index in [4.69, 9.17) is 9.84 Å². The number of benzene rings is 2. The zero-order chi connectivity index (χ0) is 22.7. The fourth-order valence-electron chi connectivity index (χ4n) is 4.64. The molecule has 1 heterocycles. The molecular weight excluding hydrogens is 396 g/mol. The van der Waals surface area contributed by atoms with E-state index in [9.17, 15) is 4.79 Å². The Hall–Kier alpha value is -2.88. The van der Waals surface area contributed by atoms with Gasteiger partial charge in [0.1, 0.15) is 5.60 Å². The highest BCUT2D eigenvalue weighted by molar-refractivity contribution is 5.71. The number of fused-ring (bicyclic) bond motifs is 1. The Balaban J connectivity index is 1.44. The molecule has 0 saturated carbocycles. The van der Waals surface area contributed by atoms with E-state index in [1.54, 1.807) is 0 Å². The third-order valence-corrected chi connectivity index (χ3v) is 6.30. The van der Waals surface area contributed by atoms with Crippen molar-refractivity contribution >= 4 is 5.97 Å².